The Morgan fingerprint density at radius 1 is 1.52 bits per heavy atom. The highest BCUT2D eigenvalue weighted by molar-refractivity contribution is 7.18. The van der Waals surface area contributed by atoms with Crippen LogP contribution in [-0.4, -0.2) is 58.1 Å². The minimum absolute atomic E-state index is 0.0818. The van der Waals surface area contributed by atoms with Crippen molar-refractivity contribution in [1.29, 1.82) is 0 Å². The van der Waals surface area contributed by atoms with Crippen molar-refractivity contribution in [2.24, 2.45) is 0 Å². The minimum atomic E-state index is -0.312. The molecule has 0 saturated carbocycles. The summed E-state index contributed by atoms with van der Waals surface area (Å²) in [6, 6.07) is 7.82. The number of likely N-dealkylation sites (tertiary alicyclic amines) is 1. The maximum absolute atomic E-state index is 12.6. The molecule has 23 heavy (non-hydrogen) atoms. The number of rotatable bonds is 4. The van der Waals surface area contributed by atoms with E-state index in [4.69, 9.17) is 0 Å². The van der Waals surface area contributed by atoms with E-state index in [1.807, 2.05) is 32.2 Å². The Kier molecular flexibility index (Phi) is 4.94. The monoisotopic (exact) mass is 333 g/mol. The van der Waals surface area contributed by atoms with Crippen LogP contribution in [0.2, 0.25) is 0 Å². The van der Waals surface area contributed by atoms with Gasteiger partial charge in [-0.25, -0.2) is 4.98 Å². The average Bonchev–Trinajstić information content (AvgIpc) is 2.95. The number of amides is 1. The fraction of sp³-hybridized carbons (Fsp3) is 0.529. The molecule has 1 saturated heterocycles. The number of aromatic nitrogens is 1. The molecule has 124 valence electrons. The lowest BCUT2D eigenvalue weighted by atomic mass is 10.1. The van der Waals surface area contributed by atoms with Crippen LogP contribution in [0.4, 0.5) is 0 Å². The van der Waals surface area contributed by atoms with Gasteiger partial charge in [0, 0.05) is 13.6 Å². The number of thiazole rings is 1. The first-order valence-electron chi connectivity index (χ1n) is 8.06. The standard InChI is InChI=1S/C17H23N3O2S/c1-12(20-9-5-6-13(21)10-20)17(22)19(2)11-16-18-14-7-3-4-8-15(14)23-16/h3-4,7-8,12-13,21H,5-6,9-11H2,1-2H3. The summed E-state index contributed by atoms with van der Waals surface area (Å²) in [6.07, 6.45) is 1.47. The molecule has 1 N–H and O–H groups in total. The van der Waals surface area contributed by atoms with Gasteiger partial charge in [-0.1, -0.05) is 12.1 Å². The molecule has 1 aromatic heterocycles. The lowest BCUT2D eigenvalue weighted by Crippen LogP contribution is -2.50. The van der Waals surface area contributed by atoms with Gasteiger partial charge in [0.05, 0.1) is 28.9 Å². The molecule has 1 aliphatic rings. The summed E-state index contributed by atoms with van der Waals surface area (Å²) in [5.41, 5.74) is 0.987. The number of carbonyl (C=O) groups is 1. The Hall–Kier alpha value is -1.50. The van der Waals surface area contributed by atoms with Crippen molar-refractivity contribution in [3.63, 3.8) is 0 Å². The van der Waals surface area contributed by atoms with E-state index in [9.17, 15) is 9.90 Å². The molecular weight excluding hydrogens is 310 g/mol. The smallest absolute Gasteiger partial charge is 0.239 e. The lowest BCUT2D eigenvalue weighted by Gasteiger charge is -2.35. The van der Waals surface area contributed by atoms with Gasteiger partial charge in [-0.05, 0) is 38.4 Å². The van der Waals surface area contributed by atoms with Crippen LogP contribution in [0.3, 0.4) is 0 Å². The van der Waals surface area contributed by atoms with Gasteiger partial charge in [0.25, 0.3) is 0 Å². The van der Waals surface area contributed by atoms with E-state index in [1.165, 1.54) is 0 Å². The van der Waals surface area contributed by atoms with Crippen molar-refractivity contribution in [2.45, 2.75) is 38.5 Å². The van der Waals surface area contributed by atoms with Crippen LogP contribution in [0.1, 0.15) is 24.8 Å². The largest absolute Gasteiger partial charge is 0.392 e. The number of benzene rings is 1. The Morgan fingerprint density at radius 2 is 2.30 bits per heavy atom. The molecule has 1 fully saturated rings. The molecule has 3 rings (SSSR count). The van der Waals surface area contributed by atoms with Gasteiger partial charge in [0.1, 0.15) is 5.01 Å². The van der Waals surface area contributed by atoms with Crippen molar-refractivity contribution >= 4 is 27.5 Å². The highest BCUT2D eigenvalue weighted by atomic mass is 32.1. The second-order valence-corrected chi connectivity index (χ2v) is 7.35. The van der Waals surface area contributed by atoms with Crippen LogP contribution in [0.15, 0.2) is 24.3 Å². The molecule has 0 aliphatic carbocycles. The van der Waals surface area contributed by atoms with Gasteiger partial charge in [-0.2, -0.15) is 0 Å². The Balaban J connectivity index is 1.64. The number of β-amino-alcohol motifs (C(OH)–C–C–N with tert-alkyl or cyclic N) is 1. The predicted molar refractivity (Wildman–Crippen MR) is 92.4 cm³/mol. The lowest BCUT2D eigenvalue weighted by molar-refractivity contribution is -0.136. The number of likely N-dealkylation sites (N-methyl/N-ethyl adjacent to an activating group) is 1. The number of aliphatic hydroxyl groups excluding tert-OH is 1. The fourth-order valence-corrected chi connectivity index (χ4v) is 4.10. The minimum Gasteiger partial charge on any atom is -0.392 e. The van der Waals surface area contributed by atoms with E-state index >= 15 is 0 Å². The number of aliphatic hydroxyl groups is 1. The van der Waals surface area contributed by atoms with Gasteiger partial charge in [0.15, 0.2) is 0 Å². The first-order chi connectivity index (χ1) is 11.0. The third-order valence-corrected chi connectivity index (χ3v) is 5.44. The van der Waals surface area contributed by atoms with Crippen molar-refractivity contribution in [2.75, 3.05) is 20.1 Å². The van der Waals surface area contributed by atoms with Crippen LogP contribution < -0.4 is 0 Å². The van der Waals surface area contributed by atoms with Crippen LogP contribution in [-0.2, 0) is 11.3 Å². The molecule has 1 amide bonds. The van der Waals surface area contributed by atoms with Gasteiger partial charge < -0.3 is 10.0 Å². The molecule has 1 aromatic carbocycles. The average molecular weight is 333 g/mol. The van der Waals surface area contributed by atoms with Gasteiger partial charge in [-0.15, -0.1) is 11.3 Å². The van der Waals surface area contributed by atoms with Gasteiger partial charge >= 0.3 is 0 Å². The quantitative estimate of drug-likeness (QED) is 0.931. The zero-order chi connectivity index (χ0) is 16.4. The van der Waals surface area contributed by atoms with E-state index in [1.54, 1.807) is 16.2 Å². The summed E-state index contributed by atoms with van der Waals surface area (Å²) in [5, 5.41) is 10.7. The zero-order valence-electron chi connectivity index (χ0n) is 13.6. The van der Waals surface area contributed by atoms with Crippen LogP contribution in [0.5, 0.6) is 0 Å². The predicted octanol–water partition coefficient (Wildman–Crippen LogP) is 2.10. The summed E-state index contributed by atoms with van der Waals surface area (Å²) in [5.74, 6) is 0.0818. The molecule has 2 atom stereocenters. The maximum atomic E-state index is 12.6. The van der Waals surface area contributed by atoms with Crippen LogP contribution in [0.25, 0.3) is 10.2 Å². The van der Waals surface area contributed by atoms with E-state index in [0.29, 0.717) is 13.1 Å². The topological polar surface area (TPSA) is 56.7 Å². The summed E-state index contributed by atoms with van der Waals surface area (Å²) < 4.78 is 1.15. The maximum Gasteiger partial charge on any atom is 0.239 e. The van der Waals surface area contributed by atoms with Crippen LogP contribution in [0, 0.1) is 0 Å². The summed E-state index contributed by atoms with van der Waals surface area (Å²) in [4.78, 5) is 21.1. The molecule has 2 unspecified atom stereocenters. The van der Waals surface area contributed by atoms with E-state index < -0.39 is 0 Å². The molecule has 6 heteroatoms. The molecule has 5 nitrogen and oxygen atoms in total. The zero-order valence-corrected chi connectivity index (χ0v) is 14.4. The first-order valence-corrected chi connectivity index (χ1v) is 8.88. The molecule has 0 radical (unpaired) electrons. The number of nitrogens with zero attached hydrogens (tertiary/aromatic N) is 3. The number of carbonyl (C=O) groups excluding carboxylic acids is 1. The first kappa shape index (κ1) is 16.4. The fourth-order valence-electron chi connectivity index (χ4n) is 3.08. The summed E-state index contributed by atoms with van der Waals surface area (Å²) in [6.45, 7) is 3.91. The van der Waals surface area contributed by atoms with Crippen LogP contribution >= 0.6 is 11.3 Å². The van der Waals surface area contributed by atoms with Crippen molar-refractivity contribution in [1.82, 2.24) is 14.8 Å². The molecule has 2 heterocycles. The van der Waals surface area contributed by atoms with Crippen molar-refractivity contribution < 1.29 is 9.90 Å². The van der Waals surface area contributed by atoms with Crippen molar-refractivity contribution in [3.8, 4) is 0 Å². The third-order valence-electron chi connectivity index (χ3n) is 4.42. The summed E-state index contributed by atoms with van der Waals surface area (Å²) >= 11 is 1.63. The molecule has 0 spiro atoms. The Bertz CT molecular complexity index is 654. The van der Waals surface area contributed by atoms with E-state index in [0.717, 1.165) is 34.6 Å². The van der Waals surface area contributed by atoms with Gasteiger partial charge in [0.2, 0.25) is 5.91 Å². The van der Waals surface area contributed by atoms with Crippen molar-refractivity contribution in [3.05, 3.63) is 29.3 Å². The second-order valence-electron chi connectivity index (χ2n) is 6.24. The number of fused-ring (bicyclic) bond motifs is 1. The number of hydrogen-bond acceptors (Lipinski definition) is 5. The van der Waals surface area contributed by atoms with E-state index in [2.05, 4.69) is 16.0 Å². The second kappa shape index (κ2) is 6.95. The SMILES string of the molecule is CC(C(=O)N(C)Cc1nc2ccccc2s1)N1CCCC(O)C1. The third kappa shape index (κ3) is 3.71. The normalized spacial score (nSPS) is 20.6. The highest BCUT2D eigenvalue weighted by Crippen LogP contribution is 2.23. The number of para-hydroxylation sites is 1. The summed E-state index contributed by atoms with van der Waals surface area (Å²) in [7, 11) is 1.82. The number of hydrogen-bond donors (Lipinski definition) is 1. The van der Waals surface area contributed by atoms with E-state index in [-0.39, 0.29) is 18.1 Å². The Labute approximate surface area is 140 Å². The molecule has 1 aliphatic heterocycles. The highest BCUT2D eigenvalue weighted by Gasteiger charge is 2.28. The molecule has 2 aromatic rings. The van der Waals surface area contributed by atoms with Gasteiger partial charge in [-0.3, -0.25) is 9.69 Å². The molecular formula is C17H23N3O2S. The molecule has 0 bridgehead atoms. The Morgan fingerprint density at radius 3 is 3.04 bits per heavy atom. The number of piperidine rings is 1.